The van der Waals surface area contributed by atoms with Gasteiger partial charge in [-0.1, -0.05) is 19.9 Å². The fourth-order valence-corrected chi connectivity index (χ4v) is 2.94. The van der Waals surface area contributed by atoms with Gasteiger partial charge in [-0.25, -0.2) is 0 Å². The van der Waals surface area contributed by atoms with E-state index in [2.05, 4.69) is 55.8 Å². The van der Waals surface area contributed by atoms with Crippen molar-refractivity contribution < 1.29 is 4.74 Å². The molecule has 0 aromatic heterocycles. The van der Waals surface area contributed by atoms with Crippen LogP contribution < -0.4 is 4.74 Å². The fourth-order valence-electron chi connectivity index (χ4n) is 2.94. The van der Waals surface area contributed by atoms with Gasteiger partial charge in [-0.2, -0.15) is 0 Å². The molecule has 1 aromatic carbocycles. The molecular weight excluding hydrogens is 260 g/mol. The summed E-state index contributed by atoms with van der Waals surface area (Å²) in [5.74, 6) is 1.59. The van der Waals surface area contributed by atoms with Crippen LogP contribution in [0.1, 0.15) is 37.3 Å². The second-order valence-electron chi connectivity index (χ2n) is 6.52. The maximum absolute atomic E-state index is 5.90. The van der Waals surface area contributed by atoms with E-state index in [9.17, 15) is 0 Å². The number of benzene rings is 1. The molecule has 1 aliphatic heterocycles. The number of hydrogen-bond acceptors (Lipinski definition) is 3. The summed E-state index contributed by atoms with van der Waals surface area (Å²) in [5.41, 5.74) is 2.75. The molecule has 2 rings (SSSR count). The Balaban J connectivity index is 1.70. The first-order valence-electron chi connectivity index (χ1n) is 8.20. The zero-order valence-electron chi connectivity index (χ0n) is 14.1. The van der Waals surface area contributed by atoms with Crippen LogP contribution in [0.2, 0.25) is 0 Å². The molecule has 0 N–H and O–H groups in total. The number of likely N-dealkylation sites (N-methyl/N-ethyl adjacent to an activating group) is 1. The predicted molar refractivity (Wildman–Crippen MR) is 89.3 cm³/mol. The highest BCUT2D eigenvalue weighted by Crippen LogP contribution is 2.23. The van der Waals surface area contributed by atoms with E-state index in [4.69, 9.17) is 4.74 Å². The maximum Gasteiger partial charge on any atom is 0.119 e. The SMILES string of the molecule is Cc1cc(OCCCN2CCN(C)CC2)ccc1C(C)C. The Morgan fingerprint density at radius 1 is 1.14 bits per heavy atom. The summed E-state index contributed by atoms with van der Waals surface area (Å²) in [6.45, 7) is 13.4. The van der Waals surface area contributed by atoms with Crippen molar-refractivity contribution in [2.45, 2.75) is 33.1 Å². The molecule has 0 unspecified atom stereocenters. The molecule has 0 amide bonds. The van der Waals surface area contributed by atoms with Crippen LogP contribution in [0.3, 0.4) is 0 Å². The molecule has 1 fully saturated rings. The van der Waals surface area contributed by atoms with Crippen LogP contribution in [0.25, 0.3) is 0 Å². The van der Waals surface area contributed by atoms with Gasteiger partial charge < -0.3 is 14.5 Å². The van der Waals surface area contributed by atoms with Crippen LogP contribution in [-0.4, -0.2) is 56.2 Å². The summed E-state index contributed by atoms with van der Waals surface area (Å²) in [4.78, 5) is 4.93. The highest BCUT2D eigenvalue weighted by Gasteiger charge is 2.12. The summed E-state index contributed by atoms with van der Waals surface area (Å²) in [6.07, 6.45) is 1.11. The molecule has 3 heteroatoms. The van der Waals surface area contributed by atoms with E-state index in [-0.39, 0.29) is 0 Å². The van der Waals surface area contributed by atoms with Crippen molar-refractivity contribution >= 4 is 0 Å². The Kier molecular flexibility index (Phi) is 6.07. The number of rotatable bonds is 6. The lowest BCUT2D eigenvalue weighted by Gasteiger charge is -2.32. The van der Waals surface area contributed by atoms with Crippen LogP contribution in [-0.2, 0) is 0 Å². The molecule has 1 aromatic rings. The first-order chi connectivity index (χ1) is 10.1. The van der Waals surface area contributed by atoms with Gasteiger partial charge in [-0.05, 0) is 49.6 Å². The molecule has 3 nitrogen and oxygen atoms in total. The van der Waals surface area contributed by atoms with Gasteiger partial charge in [-0.3, -0.25) is 0 Å². The standard InChI is InChI=1S/C18H30N2O/c1-15(2)18-7-6-17(14-16(18)3)21-13-5-8-20-11-9-19(4)10-12-20/h6-7,14-15H,5,8-13H2,1-4H3. The van der Waals surface area contributed by atoms with Gasteiger partial charge >= 0.3 is 0 Å². The molecule has 1 aliphatic rings. The third-order valence-corrected chi connectivity index (χ3v) is 4.35. The Labute approximate surface area is 129 Å². The lowest BCUT2D eigenvalue weighted by molar-refractivity contribution is 0.145. The normalized spacial score (nSPS) is 17.4. The Morgan fingerprint density at radius 2 is 1.86 bits per heavy atom. The van der Waals surface area contributed by atoms with Crippen molar-refractivity contribution in [3.8, 4) is 5.75 Å². The van der Waals surface area contributed by atoms with E-state index >= 15 is 0 Å². The minimum absolute atomic E-state index is 0.580. The predicted octanol–water partition coefficient (Wildman–Crippen LogP) is 3.13. The first-order valence-corrected chi connectivity index (χ1v) is 8.20. The molecule has 0 spiro atoms. The van der Waals surface area contributed by atoms with Gasteiger partial charge in [0.25, 0.3) is 0 Å². The van der Waals surface area contributed by atoms with Crippen molar-refractivity contribution in [2.24, 2.45) is 0 Å². The van der Waals surface area contributed by atoms with Crippen molar-refractivity contribution in [2.75, 3.05) is 46.4 Å². The van der Waals surface area contributed by atoms with Gasteiger partial charge in [0.1, 0.15) is 5.75 Å². The Morgan fingerprint density at radius 3 is 2.48 bits per heavy atom. The largest absolute Gasteiger partial charge is 0.494 e. The first kappa shape index (κ1) is 16.3. The minimum atomic E-state index is 0.580. The molecular formula is C18H30N2O. The van der Waals surface area contributed by atoms with Crippen molar-refractivity contribution in [1.82, 2.24) is 9.80 Å². The number of piperazine rings is 1. The lowest BCUT2D eigenvalue weighted by Crippen LogP contribution is -2.44. The maximum atomic E-state index is 5.90. The Bertz CT molecular complexity index is 437. The summed E-state index contributed by atoms with van der Waals surface area (Å²) in [6, 6.07) is 6.49. The topological polar surface area (TPSA) is 15.7 Å². The van der Waals surface area contributed by atoms with E-state index < -0.39 is 0 Å². The molecule has 0 aliphatic carbocycles. The summed E-state index contributed by atoms with van der Waals surface area (Å²) in [5, 5.41) is 0. The van der Waals surface area contributed by atoms with Crippen LogP contribution in [0.15, 0.2) is 18.2 Å². The summed E-state index contributed by atoms with van der Waals surface area (Å²) in [7, 11) is 2.20. The van der Waals surface area contributed by atoms with Crippen molar-refractivity contribution in [1.29, 1.82) is 0 Å². The zero-order chi connectivity index (χ0) is 15.2. The van der Waals surface area contributed by atoms with Crippen LogP contribution in [0.5, 0.6) is 5.75 Å². The molecule has 118 valence electrons. The van der Waals surface area contributed by atoms with Gasteiger partial charge in [0.05, 0.1) is 6.61 Å². The molecule has 0 bridgehead atoms. The number of ether oxygens (including phenoxy) is 1. The van der Waals surface area contributed by atoms with Crippen LogP contribution >= 0.6 is 0 Å². The summed E-state index contributed by atoms with van der Waals surface area (Å²) < 4.78 is 5.90. The average Bonchev–Trinajstić information content (AvgIpc) is 2.45. The smallest absolute Gasteiger partial charge is 0.119 e. The molecule has 0 radical (unpaired) electrons. The second-order valence-corrected chi connectivity index (χ2v) is 6.52. The highest BCUT2D eigenvalue weighted by molar-refractivity contribution is 5.36. The number of aryl methyl sites for hydroxylation is 1. The lowest BCUT2D eigenvalue weighted by atomic mass is 9.98. The Hall–Kier alpha value is -1.06. The van der Waals surface area contributed by atoms with Gasteiger partial charge in [0, 0.05) is 32.7 Å². The van der Waals surface area contributed by atoms with E-state index in [1.165, 1.54) is 37.3 Å². The van der Waals surface area contributed by atoms with Crippen molar-refractivity contribution in [3.05, 3.63) is 29.3 Å². The average molecular weight is 290 g/mol. The fraction of sp³-hybridized carbons (Fsp3) is 0.667. The highest BCUT2D eigenvalue weighted by atomic mass is 16.5. The van der Waals surface area contributed by atoms with Gasteiger partial charge in [-0.15, -0.1) is 0 Å². The van der Waals surface area contributed by atoms with Crippen LogP contribution in [0, 0.1) is 6.92 Å². The van der Waals surface area contributed by atoms with Gasteiger partial charge in [0.2, 0.25) is 0 Å². The molecule has 1 heterocycles. The summed E-state index contributed by atoms with van der Waals surface area (Å²) >= 11 is 0. The molecule has 0 atom stereocenters. The monoisotopic (exact) mass is 290 g/mol. The third-order valence-electron chi connectivity index (χ3n) is 4.35. The van der Waals surface area contributed by atoms with Crippen LogP contribution in [0.4, 0.5) is 0 Å². The van der Waals surface area contributed by atoms with E-state index in [1.807, 2.05) is 0 Å². The van der Waals surface area contributed by atoms with E-state index in [1.54, 1.807) is 0 Å². The third kappa shape index (κ3) is 5.01. The van der Waals surface area contributed by atoms with E-state index in [0.29, 0.717) is 5.92 Å². The van der Waals surface area contributed by atoms with Gasteiger partial charge in [0.15, 0.2) is 0 Å². The quantitative estimate of drug-likeness (QED) is 0.749. The van der Waals surface area contributed by atoms with Crippen molar-refractivity contribution in [3.63, 3.8) is 0 Å². The minimum Gasteiger partial charge on any atom is -0.494 e. The molecule has 1 saturated heterocycles. The second kappa shape index (κ2) is 7.81. The number of nitrogens with zero attached hydrogens (tertiary/aromatic N) is 2. The molecule has 0 saturated carbocycles. The number of hydrogen-bond donors (Lipinski definition) is 0. The van der Waals surface area contributed by atoms with E-state index in [0.717, 1.165) is 25.3 Å². The zero-order valence-corrected chi connectivity index (χ0v) is 14.1. The molecule has 21 heavy (non-hydrogen) atoms.